The van der Waals surface area contributed by atoms with Gasteiger partial charge in [0, 0.05) is 24.4 Å². The van der Waals surface area contributed by atoms with E-state index in [2.05, 4.69) is 0 Å². The maximum atomic E-state index is 12.4. The molecular weight excluding hydrogens is 225 g/mol. The molecule has 2 unspecified atom stereocenters. The minimum absolute atomic E-state index is 0.0372. The lowest BCUT2D eigenvalue weighted by Crippen LogP contribution is -2.49. The summed E-state index contributed by atoms with van der Waals surface area (Å²) in [7, 11) is 0. The van der Waals surface area contributed by atoms with Crippen LogP contribution in [0.3, 0.4) is 0 Å². The summed E-state index contributed by atoms with van der Waals surface area (Å²) in [6.07, 6.45) is -3.29. The van der Waals surface area contributed by atoms with Crippen molar-refractivity contribution in [2.75, 3.05) is 24.6 Å². The Morgan fingerprint density at radius 3 is 2.60 bits per heavy atom. The van der Waals surface area contributed by atoms with Crippen molar-refractivity contribution in [1.82, 2.24) is 4.90 Å². The van der Waals surface area contributed by atoms with E-state index in [4.69, 9.17) is 5.73 Å². The van der Waals surface area contributed by atoms with Crippen molar-refractivity contribution in [2.45, 2.75) is 31.6 Å². The van der Waals surface area contributed by atoms with Crippen LogP contribution in [0.5, 0.6) is 0 Å². The van der Waals surface area contributed by atoms with Crippen LogP contribution in [0.4, 0.5) is 13.2 Å². The van der Waals surface area contributed by atoms with Gasteiger partial charge >= 0.3 is 6.18 Å². The fourth-order valence-electron chi connectivity index (χ4n) is 1.77. The number of rotatable bonds is 4. The number of hydrogen-bond donors (Lipinski definition) is 1. The summed E-state index contributed by atoms with van der Waals surface area (Å²) in [6, 6.07) is -0.162. The number of thioether (sulfide) groups is 1. The van der Waals surface area contributed by atoms with Gasteiger partial charge in [-0.1, -0.05) is 0 Å². The van der Waals surface area contributed by atoms with Crippen molar-refractivity contribution in [1.29, 1.82) is 0 Å². The molecule has 6 heteroatoms. The summed E-state index contributed by atoms with van der Waals surface area (Å²) < 4.78 is 37.1. The van der Waals surface area contributed by atoms with Crippen LogP contribution in [-0.4, -0.2) is 47.8 Å². The van der Waals surface area contributed by atoms with Crippen molar-refractivity contribution < 1.29 is 13.2 Å². The average molecular weight is 242 g/mol. The van der Waals surface area contributed by atoms with Crippen molar-refractivity contribution in [3.63, 3.8) is 0 Å². The zero-order chi connectivity index (χ0) is 11.5. The molecule has 2 atom stereocenters. The topological polar surface area (TPSA) is 29.3 Å². The van der Waals surface area contributed by atoms with Crippen LogP contribution in [0.2, 0.25) is 0 Å². The fourth-order valence-corrected chi connectivity index (χ4v) is 3.01. The van der Waals surface area contributed by atoms with Gasteiger partial charge in [-0.3, -0.25) is 4.90 Å². The molecule has 1 aliphatic heterocycles. The van der Waals surface area contributed by atoms with E-state index in [0.29, 0.717) is 0 Å². The number of nitrogens with two attached hydrogens (primary N) is 1. The fraction of sp³-hybridized carbons (Fsp3) is 1.00. The predicted octanol–water partition coefficient (Wildman–Crippen LogP) is 1.70. The van der Waals surface area contributed by atoms with E-state index < -0.39 is 12.7 Å². The lowest BCUT2D eigenvalue weighted by Gasteiger charge is -2.34. The molecular formula is C9H17F3N2S. The van der Waals surface area contributed by atoms with Gasteiger partial charge in [0.1, 0.15) is 0 Å². The molecule has 90 valence electrons. The molecule has 0 saturated carbocycles. The molecule has 0 bridgehead atoms. The highest BCUT2D eigenvalue weighted by molar-refractivity contribution is 7.99. The Kier molecular flexibility index (Phi) is 4.73. The molecule has 2 nitrogen and oxygen atoms in total. The van der Waals surface area contributed by atoms with Crippen LogP contribution in [0.25, 0.3) is 0 Å². The minimum Gasteiger partial charge on any atom is -0.329 e. The summed E-state index contributed by atoms with van der Waals surface area (Å²) in [5, 5.41) is 0. The highest BCUT2D eigenvalue weighted by Gasteiger charge is 2.36. The van der Waals surface area contributed by atoms with Crippen LogP contribution in [0.1, 0.15) is 13.3 Å². The maximum absolute atomic E-state index is 12.4. The van der Waals surface area contributed by atoms with Crippen molar-refractivity contribution in [2.24, 2.45) is 5.73 Å². The molecule has 15 heavy (non-hydrogen) atoms. The molecule has 0 aromatic heterocycles. The first-order chi connectivity index (χ1) is 6.94. The summed E-state index contributed by atoms with van der Waals surface area (Å²) in [4.78, 5) is 1.50. The van der Waals surface area contributed by atoms with Gasteiger partial charge in [0.05, 0.1) is 6.54 Å². The third-order valence-corrected chi connectivity index (χ3v) is 3.79. The largest absolute Gasteiger partial charge is 0.401 e. The highest BCUT2D eigenvalue weighted by Crippen LogP contribution is 2.27. The van der Waals surface area contributed by atoms with Gasteiger partial charge in [-0.2, -0.15) is 24.9 Å². The normalized spacial score (nSPS) is 24.8. The lowest BCUT2D eigenvalue weighted by molar-refractivity contribution is -0.154. The van der Waals surface area contributed by atoms with Crippen molar-refractivity contribution in [3.05, 3.63) is 0 Å². The van der Waals surface area contributed by atoms with Crippen LogP contribution in [0, 0.1) is 0 Å². The predicted molar refractivity (Wildman–Crippen MR) is 57.0 cm³/mol. The van der Waals surface area contributed by atoms with Crippen LogP contribution in [-0.2, 0) is 0 Å². The molecule has 0 aromatic rings. The van der Waals surface area contributed by atoms with Gasteiger partial charge in [-0.15, -0.1) is 0 Å². The van der Waals surface area contributed by atoms with Gasteiger partial charge < -0.3 is 5.73 Å². The number of halogens is 3. The first-order valence-electron chi connectivity index (χ1n) is 5.04. The summed E-state index contributed by atoms with van der Waals surface area (Å²) in [5.41, 5.74) is 5.44. The number of nitrogens with zero attached hydrogens (tertiary/aromatic N) is 1. The van der Waals surface area contributed by atoms with E-state index in [1.807, 2.05) is 0 Å². The second-order valence-corrected chi connectivity index (χ2v) is 5.04. The molecule has 0 spiro atoms. The molecule has 1 aliphatic rings. The van der Waals surface area contributed by atoms with Crippen LogP contribution >= 0.6 is 11.8 Å². The summed E-state index contributed by atoms with van der Waals surface area (Å²) >= 11 is 1.71. The molecule has 1 saturated heterocycles. The molecule has 0 aliphatic carbocycles. The lowest BCUT2D eigenvalue weighted by atomic mass is 10.1. The van der Waals surface area contributed by atoms with Crippen LogP contribution in [0.15, 0.2) is 0 Å². The van der Waals surface area contributed by atoms with E-state index in [1.165, 1.54) is 4.90 Å². The SMILES string of the molecule is CC(CN)N(CC(F)(F)F)C1CCSC1. The molecule has 0 radical (unpaired) electrons. The third kappa shape index (κ3) is 4.20. The molecule has 0 amide bonds. The maximum Gasteiger partial charge on any atom is 0.401 e. The van der Waals surface area contributed by atoms with Gasteiger partial charge in [0.15, 0.2) is 0 Å². The molecule has 1 fully saturated rings. The Hall–Kier alpha value is 0.0600. The second kappa shape index (κ2) is 5.41. The Morgan fingerprint density at radius 1 is 1.53 bits per heavy atom. The summed E-state index contributed by atoms with van der Waals surface area (Å²) in [6.45, 7) is 1.20. The molecule has 0 aromatic carbocycles. The van der Waals surface area contributed by atoms with Crippen molar-refractivity contribution in [3.8, 4) is 0 Å². The third-order valence-electron chi connectivity index (χ3n) is 2.64. The van der Waals surface area contributed by atoms with E-state index >= 15 is 0 Å². The zero-order valence-electron chi connectivity index (χ0n) is 8.76. The Balaban J connectivity index is 2.59. The van der Waals surface area contributed by atoms with E-state index in [1.54, 1.807) is 18.7 Å². The first kappa shape index (κ1) is 13.1. The van der Waals surface area contributed by atoms with E-state index in [9.17, 15) is 13.2 Å². The summed E-state index contributed by atoms with van der Waals surface area (Å²) in [5.74, 6) is 1.75. The van der Waals surface area contributed by atoms with Gasteiger partial charge in [-0.05, 0) is 19.1 Å². The van der Waals surface area contributed by atoms with E-state index in [0.717, 1.165) is 17.9 Å². The zero-order valence-corrected chi connectivity index (χ0v) is 9.57. The van der Waals surface area contributed by atoms with Crippen molar-refractivity contribution >= 4 is 11.8 Å². The van der Waals surface area contributed by atoms with E-state index in [-0.39, 0.29) is 18.6 Å². The monoisotopic (exact) mass is 242 g/mol. The van der Waals surface area contributed by atoms with Crippen LogP contribution < -0.4 is 5.73 Å². The number of alkyl halides is 3. The molecule has 1 heterocycles. The minimum atomic E-state index is -4.13. The Labute approximate surface area is 92.4 Å². The quantitative estimate of drug-likeness (QED) is 0.813. The number of hydrogen-bond acceptors (Lipinski definition) is 3. The van der Waals surface area contributed by atoms with Gasteiger partial charge in [-0.25, -0.2) is 0 Å². The standard InChI is InChI=1S/C9H17F3N2S/c1-7(4-13)14(6-9(10,11)12)8-2-3-15-5-8/h7-8H,2-6,13H2,1H3. The van der Waals surface area contributed by atoms with Gasteiger partial charge in [0.25, 0.3) is 0 Å². The first-order valence-corrected chi connectivity index (χ1v) is 6.20. The molecule has 1 rings (SSSR count). The Morgan fingerprint density at radius 2 is 2.20 bits per heavy atom. The Bertz CT molecular complexity index is 192. The van der Waals surface area contributed by atoms with Gasteiger partial charge in [0.2, 0.25) is 0 Å². The second-order valence-electron chi connectivity index (χ2n) is 3.89. The highest BCUT2D eigenvalue weighted by atomic mass is 32.2. The molecule has 2 N–H and O–H groups in total. The average Bonchev–Trinajstić information content (AvgIpc) is 2.64. The smallest absolute Gasteiger partial charge is 0.329 e.